The summed E-state index contributed by atoms with van der Waals surface area (Å²) in [5, 5.41) is 9.52. The average Bonchev–Trinajstić information content (AvgIpc) is 3.81. The van der Waals surface area contributed by atoms with Crippen molar-refractivity contribution in [1.82, 2.24) is 0 Å². The van der Waals surface area contributed by atoms with Gasteiger partial charge in [0.25, 0.3) is 0 Å². The van der Waals surface area contributed by atoms with Gasteiger partial charge in [-0.1, -0.05) is 140 Å². The first-order chi connectivity index (χ1) is 26.3. The van der Waals surface area contributed by atoms with Crippen molar-refractivity contribution >= 4 is 92.1 Å². The molecule has 0 bridgehead atoms. The van der Waals surface area contributed by atoms with Gasteiger partial charge in [0.1, 0.15) is 11.2 Å². The Morgan fingerprint density at radius 3 is 1.92 bits per heavy atom. The van der Waals surface area contributed by atoms with E-state index >= 15 is 0 Å². The van der Waals surface area contributed by atoms with E-state index in [1.54, 1.807) is 0 Å². The molecule has 0 fully saturated rings. The summed E-state index contributed by atoms with van der Waals surface area (Å²) in [5.74, 6) is 0. The number of nitrogens with zero attached hydrogens (tertiary/aromatic N) is 1. The van der Waals surface area contributed by atoms with E-state index in [2.05, 4.69) is 193 Å². The quantitative estimate of drug-likeness (QED) is 0.178. The third-order valence-electron chi connectivity index (χ3n) is 10.6. The van der Waals surface area contributed by atoms with Gasteiger partial charge < -0.3 is 9.32 Å². The van der Waals surface area contributed by atoms with E-state index in [4.69, 9.17) is 4.42 Å². The molecule has 11 aromatic rings. The Balaban J connectivity index is 1.13. The van der Waals surface area contributed by atoms with Crippen LogP contribution in [0.25, 0.3) is 85.9 Å². The van der Waals surface area contributed by atoms with Gasteiger partial charge in [0.15, 0.2) is 0 Å². The summed E-state index contributed by atoms with van der Waals surface area (Å²) in [6.45, 7) is 0. The first-order valence-corrected chi connectivity index (χ1v) is 18.8. The van der Waals surface area contributed by atoms with Crippen LogP contribution >= 0.6 is 11.3 Å². The van der Waals surface area contributed by atoms with E-state index in [0.29, 0.717) is 0 Å². The highest BCUT2D eigenvalue weighted by atomic mass is 32.1. The molecular formula is C50H31NOS. The number of fused-ring (bicyclic) bond motifs is 10. The lowest BCUT2D eigenvalue weighted by atomic mass is 9.98. The molecule has 9 aromatic carbocycles. The fourth-order valence-electron chi connectivity index (χ4n) is 8.15. The molecule has 0 atom stereocenters. The topological polar surface area (TPSA) is 16.4 Å². The fraction of sp³-hybridized carbons (Fsp3) is 0. The van der Waals surface area contributed by atoms with Crippen molar-refractivity contribution in [2.45, 2.75) is 0 Å². The Bertz CT molecular complexity index is 3170. The molecule has 248 valence electrons. The van der Waals surface area contributed by atoms with Crippen LogP contribution in [0.1, 0.15) is 0 Å². The number of hydrogen-bond acceptors (Lipinski definition) is 3. The van der Waals surface area contributed by atoms with Gasteiger partial charge in [-0.05, 0) is 86.9 Å². The van der Waals surface area contributed by atoms with Crippen LogP contribution in [-0.4, -0.2) is 0 Å². The minimum Gasteiger partial charge on any atom is -0.455 e. The van der Waals surface area contributed by atoms with Crippen LogP contribution in [0.15, 0.2) is 192 Å². The van der Waals surface area contributed by atoms with Crippen LogP contribution in [0.4, 0.5) is 17.1 Å². The number of rotatable bonds is 5. The van der Waals surface area contributed by atoms with E-state index in [1.807, 2.05) is 11.3 Å². The van der Waals surface area contributed by atoms with E-state index in [9.17, 15) is 0 Å². The van der Waals surface area contributed by atoms with Gasteiger partial charge in [-0.2, -0.15) is 0 Å². The minimum absolute atomic E-state index is 0.951. The van der Waals surface area contributed by atoms with Crippen molar-refractivity contribution < 1.29 is 4.42 Å². The molecule has 11 rings (SSSR count). The maximum atomic E-state index is 6.86. The summed E-state index contributed by atoms with van der Waals surface area (Å²) in [7, 11) is 0. The molecule has 2 aromatic heterocycles. The first-order valence-electron chi connectivity index (χ1n) is 18.0. The third-order valence-corrected chi connectivity index (χ3v) is 11.8. The van der Waals surface area contributed by atoms with Crippen molar-refractivity contribution in [3.63, 3.8) is 0 Å². The fourth-order valence-corrected chi connectivity index (χ4v) is 9.36. The number of benzene rings is 9. The summed E-state index contributed by atoms with van der Waals surface area (Å²) >= 11 is 1.83. The molecule has 0 radical (unpaired) electrons. The Morgan fingerprint density at radius 2 is 1.06 bits per heavy atom. The summed E-state index contributed by atoms with van der Waals surface area (Å²) in [6.07, 6.45) is 0. The van der Waals surface area contributed by atoms with E-state index in [0.717, 1.165) is 44.4 Å². The Hall–Kier alpha value is -6.68. The minimum atomic E-state index is 0.951. The smallest absolute Gasteiger partial charge is 0.144 e. The van der Waals surface area contributed by atoms with Crippen molar-refractivity contribution in [2.75, 3.05) is 4.90 Å². The molecule has 3 heteroatoms. The Labute approximate surface area is 310 Å². The van der Waals surface area contributed by atoms with Gasteiger partial charge in [0.05, 0.1) is 10.4 Å². The maximum absolute atomic E-state index is 6.86. The molecule has 0 spiro atoms. The lowest BCUT2D eigenvalue weighted by molar-refractivity contribution is 0.677. The maximum Gasteiger partial charge on any atom is 0.144 e. The Kier molecular flexibility index (Phi) is 6.76. The average molecular weight is 694 g/mol. The molecule has 0 saturated heterocycles. The van der Waals surface area contributed by atoms with Crippen LogP contribution in [-0.2, 0) is 0 Å². The van der Waals surface area contributed by atoms with Gasteiger partial charge >= 0.3 is 0 Å². The summed E-state index contributed by atoms with van der Waals surface area (Å²) < 4.78 is 9.30. The van der Waals surface area contributed by atoms with Crippen LogP contribution < -0.4 is 4.90 Å². The van der Waals surface area contributed by atoms with Crippen molar-refractivity contribution in [2.24, 2.45) is 0 Å². The van der Waals surface area contributed by atoms with Gasteiger partial charge in [0, 0.05) is 43.0 Å². The monoisotopic (exact) mass is 693 g/mol. The molecule has 0 aliphatic heterocycles. The van der Waals surface area contributed by atoms with Gasteiger partial charge in [-0.15, -0.1) is 11.3 Å². The largest absolute Gasteiger partial charge is 0.455 e. The molecule has 0 saturated carbocycles. The number of thiophene rings is 1. The number of furan rings is 1. The third kappa shape index (κ3) is 4.78. The van der Waals surface area contributed by atoms with Gasteiger partial charge in [-0.25, -0.2) is 0 Å². The van der Waals surface area contributed by atoms with Gasteiger partial charge in [-0.3, -0.25) is 0 Å². The van der Waals surface area contributed by atoms with Crippen LogP contribution in [0.2, 0.25) is 0 Å². The SMILES string of the molecule is c1ccc(-c2cccc(N(c3ccc(-c4cccc5ccccc45)cc3)c3cccc4c3sc3ccc5c6ccc7ccccc7c6oc5c34)c2)cc1. The summed E-state index contributed by atoms with van der Waals surface area (Å²) in [5.41, 5.74) is 10.1. The lowest BCUT2D eigenvalue weighted by Gasteiger charge is -2.27. The Morgan fingerprint density at radius 1 is 0.396 bits per heavy atom. The zero-order valence-electron chi connectivity index (χ0n) is 28.7. The van der Waals surface area contributed by atoms with Crippen LogP contribution in [0.5, 0.6) is 0 Å². The van der Waals surface area contributed by atoms with Crippen molar-refractivity contribution in [3.05, 3.63) is 188 Å². The molecule has 0 unspecified atom stereocenters. The van der Waals surface area contributed by atoms with Crippen molar-refractivity contribution in [1.29, 1.82) is 0 Å². The molecule has 2 nitrogen and oxygen atoms in total. The number of hydrogen-bond donors (Lipinski definition) is 0. The van der Waals surface area contributed by atoms with Crippen LogP contribution in [0.3, 0.4) is 0 Å². The highest BCUT2D eigenvalue weighted by Gasteiger charge is 2.22. The zero-order chi connectivity index (χ0) is 34.9. The van der Waals surface area contributed by atoms with E-state index < -0.39 is 0 Å². The molecule has 0 aliphatic carbocycles. The predicted octanol–water partition coefficient (Wildman–Crippen LogP) is 15.1. The molecule has 0 amide bonds. The first kappa shape index (κ1) is 30.0. The standard InChI is InChI=1S/C50H31NOS/c1-2-11-32(12-3-1)36-16-8-17-38(31-36)51(37-26-23-35(24-27-37)40-20-9-15-33-13-4-6-18-39(33)40)45-22-10-21-44-47-46(53-50(44)45)30-29-43-42-28-25-34-14-5-7-19-41(34)48(42)52-49(43)47/h1-31H. The highest BCUT2D eigenvalue weighted by Crippen LogP contribution is 2.48. The predicted molar refractivity (Wildman–Crippen MR) is 227 cm³/mol. The van der Waals surface area contributed by atoms with Crippen LogP contribution in [0, 0.1) is 0 Å². The summed E-state index contributed by atoms with van der Waals surface area (Å²) in [6, 6.07) is 67.9. The molecule has 2 heterocycles. The normalized spacial score (nSPS) is 11.8. The molecule has 53 heavy (non-hydrogen) atoms. The van der Waals surface area contributed by atoms with Gasteiger partial charge in [0.2, 0.25) is 0 Å². The molecule has 0 N–H and O–H groups in total. The summed E-state index contributed by atoms with van der Waals surface area (Å²) in [4.78, 5) is 2.42. The van der Waals surface area contributed by atoms with E-state index in [1.165, 1.54) is 58.6 Å². The second-order valence-corrected chi connectivity index (χ2v) is 14.7. The van der Waals surface area contributed by atoms with E-state index in [-0.39, 0.29) is 0 Å². The van der Waals surface area contributed by atoms with Crippen molar-refractivity contribution in [3.8, 4) is 22.3 Å². The second kappa shape index (κ2) is 11.9. The highest BCUT2D eigenvalue weighted by molar-refractivity contribution is 7.26. The number of anilines is 3. The molecule has 0 aliphatic rings. The zero-order valence-corrected chi connectivity index (χ0v) is 29.5. The molecular weight excluding hydrogens is 663 g/mol. The second-order valence-electron chi connectivity index (χ2n) is 13.7. The lowest BCUT2D eigenvalue weighted by Crippen LogP contribution is -2.10.